The lowest BCUT2D eigenvalue weighted by Crippen LogP contribution is -1.90. The number of hydrogen-bond donors (Lipinski definition) is 2. The van der Waals surface area contributed by atoms with Gasteiger partial charge in [-0.15, -0.1) is 0 Å². The third kappa shape index (κ3) is 1.73. The van der Waals surface area contributed by atoms with Crippen molar-refractivity contribution in [1.82, 2.24) is 9.97 Å². The number of aromatic amines is 1. The minimum Gasteiger partial charge on any atom is -0.398 e. The molecular weight excluding hydrogens is 186 g/mol. The van der Waals surface area contributed by atoms with E-state index in [1.54, 1.807) is 0 Å². The first-order valence-corrected chi connectivity index (χ1v) is 4.97. The molecule has 3 N–H and O–H groups in total. The van der Waals surface area contributed by atoms with Gasteiger partial charge in [0.05, 0.1) is 5.69 Å². The molecule has 0 amide bonds. The first-order chi connectivity index (χ1) is 7.08. The molecule has 0 saturated carbocycles. The standard InChI is InChI=1S/C12H15N3/c1-7-4-5-10(6-11(7)13)12-14-8(2)9(3)15-12/h4-6H,13H2,1-3H3,(H,14,15). The van der Waals surface area contributed by atoms with E-state index < -0.39 is 0 Å². The number of nitrogens with two attached hydrogens (primary N) is 1. The summed E-state index contributed by atoms with van der Waals surface area (Å²) in [5, 5.41) is 0. The van der Waals surface area contributed by atoms with Crippen LogP contribution in [0.5, 0.6) is 0 Å². The van der Waals surface area contributed by atoms with Crippen LogP contribution in [0.3, 0.4) is 0 Å². The van der Waals surface area contributed by atoms with Gasteiger partial charge in [0.15, 0.2) is 0 Å². The van der Waals surface area contributed by atoms with E-state index in [1.165, 1.54) is 0 Å². The molecule has 78 valence electrons. The van der Waals surface area contributed by atoms with E-state index in [-0.39, 0.29) is 0 Å². The van der Waals surface area contributed by atoms with Crippen molar-refractivity contribution >= 4 is 5.69 Å². The molecule has 1 aromatic carbocycles. The van der Waals surface area contributed by atoms with E-state index in [9.17, 15) is 0 Å². The van der Waals surface area contributed by atoms with Crippen molar-refractivity contribution in [3.63, 3.8) is 0 Å². The molecule has 0 aliphatic heterocycles. The topological polar surface area (TPSA) is 54.7 Å². The molecule has 1 aromatic heterocycles. The highest BCUT2D eigenvalue weighted by atomic mass is 14.9. The van der Waals surface area contributed by atoms with E-state index >= 15 is 0 Å². The van der Waals surface area contributed by atoms with Gasteiger partial charge in [-0.3, -0.25) is 0 Å². The normalized spacial score (nSPS) is 10.6. The van der Waals surface area contributed by atoms with Crippen molar-refractivity contribution in [3.8, 4) is 11.4 Å². The summed E-state index contributed by atoms with van der Waals surface area (Å²) in [5.74, 6) is 0.886. The zero-order valence-electron chi connectivity index (χ0n) is 9.26. The summed E-state index contributed by atoms with van der Waals surface area (Å²) in [6.45, 7) is 6.01. The van der Waals surface area contributed by atoms with Crippen LogP contribution < -0.4 is 5.73 Å². The van der Waals surface area contributed by atoms with Crippen LogP contribution in [0.15, 0.2) is 18.2 Å². The van der Waals surface area contributed by atoms with Gasteiger partial charge in [0.1, 0.15) is 5.82 Å². The Labute approximate surface area is 89.4 Å². The molecule has 1 heterocycles. The molecule has 0 aliphatic carbocycles. The summed E-state index contributed by atoms with van der Waals surface area (Å²) in [5.41, 5.74) is 10.9. The lowest BCUT2D eigenvalue weighted by molar-refractivity contribution is 1.22. The summed E-state index contributed by atoms with van der Waals surface area (Å²) in [6.07, 6.45) is 0. The third-order valence-corrected chi connectivity index (χ3v) is 2.68. The van der Waals surface area contributed by atoms with Crippen molar-refractivity contribution in [1.29, 1.82) is 0 Å². The Morgan fingerprint density at radius 1 is 1.20 bits per heavy atom. The maximum Gasteiger partial charge on any atom is 0.137 e. The molecule has 2 aromatic rings. The molecule has 2 rings (SSSR count). The maximum atomic E-state index is 5.86. The quantitative estimate of drug-likeness (QED) is 0.697. The number of anilines is 1. The maximum absolute atomic E-state index is 5.86. The van der Waals surface area contributed by atoms with E-state index in [0.717, 1.165) is 34.0 Å². The number of nitrogen functional groups attached to an aromatic ring is 1. The highest BCUT2D eigenvalue weighted by Crippen LogP contribution is 2.22. The van der Waals surface area contributed by atoms with Crippen LogP contribution >= 0.6 is 0 Å². The van der Waals surface area contributed by atoms with Crippen LogP contribution in [0.1, 0.15) is 17.0 Å². The Morgan fingerprint density at radius 3 is 2.47 bits per heavy atom. The molecule has 0 aliphatic rings. The molecule has 0 fully saturated rings. The molecule has 3 heteroatoms. The Morgan fingerprint density at radius 2 is 1.93 bits per heavy atom. The molecule has 0 spiro atoms. The van der Waals surface area contributed by atoms with Gasteiger partial charge in [0.25, 0.3) is 0 Å². The highest BCUT2D eigenvalue weighted by molar-refractivity contribution is 5.64. The summed E-state index contributed by atoms with van der Waals surface area (Å²) < 4.78 is 0. The third-order valence-electron chi connectivity index (χ3n) is 2.68. The second-order valence-electron chi connectivity index (χ2n) is 3.87. The summed E-state index contributed by atoms with van der Waals surface area (Å²) in [7, 11) is 0. The number of imidazole rings is 1. The van der Waals surface area contributed by atoms with E-state index in [1.807, 2.05) is 39.0 Å². The minimum atomic E-state index is 0.805. The van der Waals surface area contributed by atoms with E-state index in [2.05, 4.69) is 9.97 Å². The van der Waals surface area contributed by atoms with Crippen LogP contribution in [0.25, 0.3) is 11.4 Å². The monoisotopic (exact) mass is 201 g/mol. The number of hydrogen-bond acceptors (Lipinski definition) is 2. The molecule has 0 unspecified atom stereocenters. The van der Waals surface area contributed by atoms with Crippen molar-refractivity contribution in [2.24, 2.45) is 0 Å². The first-order valence-electron chi connectivity index (χ1n) is 4.97. The Hall–Kier alpha value is -1.77. The molecule has 0 saturated heterocycles. The number of benzene rings is 1. The van der Waals surface area contributed by atoms with Gasteiger partial charge in [-0.2, -0.15) is 0 Å². The number of aryl methyl sites for hydroxylation is 3. The van der Waals surface area contributed by atoms with E-state index in [4.69, 9.17) is 5.73 Å². The van der Waals surface area contributed by atoms with Crippen molar-refractivity contribution < 1.29 is 0 Å². The number of H-pyrrole nitrogens is 1. The fourth-order valence-corrected chi connectivity index (χ4v) is 1.47. The molecule has 0 bridgehead atoms. The zero-order chi connectivity index (χ0) is 11.0. The minimum absolute atomic E-state index is 0.805. The number of nitrogens with zero attached hydrogens (tertiary/aromatic N) is 1. The van der Waals surface area contributed by atoms with Gasteiger partial charge in [-0.25, -0.2) is 4.98 Å². The van der Waals surface area contributed by atoms with Gasteiger partial charge in [0.2, 0.25) is 0 Å². The van der Waals surface area contributed by atoms with Crippen LogP contribution in [0.2, 0.25) is 0 Å². The molecule has 0 radical (unpaired) electrons. The highest BCUT2D eigenvalue weighted by Gasteiger charge is 2.05. The lowest BCUT2D eigenvalue weighted by Gasteiger charge is -2.02. The smallest absolute Gasteiger partial charge is 0.137 e. The first kappa shape index (κ1) is 9.77. The molecular formula is C12H15N3. The molecule has 15 heavy (non-hydrogen) atoms. The van der Waals surface area contributed by atoms with Gasteiger partial charge < -0.3 is 10.7 Å². The zero-order valence-corrected chi connectivity index (χ0v) is 9.26. The van der Waals surface area contributed by atoms with Crippen molar-refractivity contribution in [2.45, 2.75) is 20.8 Å². The molecule has 0 atom stereocenters. The summed E-state index contributed by atoms with van der Waals surface area (Å²) in [4.78, 5) is 7.68. The fraction of sp³-hybridized carbons (Fsp3) is 0.250. The van der Waals surface area contributed by atoms with Crippen molar-refractivity contribution in [3.05, 3.63) is 35.2 Å². The van der Waals surface area contributed by atoms with Gasteiger partial charge in [-0.1, -0.05) is 12.1 Å². The fourth-order valence-electron chi connectivity index (χ4n) is 1.47. The molecule has 3 nitrogen and oxygen atoms in total. The second kappa shape index (κ2) is 3.42. The van der Waals surface area contributed by atoms with Gasteiger partial charge in [-0.05, 0) is 32.4 Å². The SMILES string of the molecule is Cc1ccc(-c2nc(C)c(C)[nH]2)cc1N. The van der Waals surface area contributed by atoms with E-state index in [0.29, 0.717) is 0 Å². The number of aromatic nitrogens is 2. The Balaban J connectivity index is 2.49. The van der Waals surface area contributed by atoms with Gasteiger partial charge >= 0.3 is 0 Å². The Bertz CT molecular complexity index is 478. The average Bonchev–Trinajstić information content (AvgIpc) is 2.52. The number of rotatable bonds is 1. The second-order valence-corrected chi connectivity index (χ2v) is 3.87. The summed E-state index contributed by atoms with van der Waals surface area (Å²) >= 11 is 0. The summed E-state index contributed by atoms with van der Waals surface area (Å²) in [6, 6.07) is 5.99. The van der Waals surface area contributed by atoms with Crippen LogP contribution in [-0.4, -0.2) is 9.97 Å². The van der Waals surface area contributed by atoms with Crippen LogP contribution in [0.4, 0.5) is 5.69 Å². The van der Waals surface area contributed by atoms with Crippen LogP contribution in [-0.2, 0) is 0 Å². The Kier molecular flexibility index (Phi) is 2.23. The lowest BCUT2D eigenvalue weighted by atomic mass is 10.1. The average molecular weight is 201 g/mol. The predicted molar refractivity (Wildman–Crippen MR) is 62.6 cm³/mol. The predicted octanol–water partition coefficient (Wildman–Crippen LogP) is 2.58. The van der Waals surface area contributed by atoms with Crippen LogP contribution in [0, 0.1) is 20.8 Å². The van der Waals surface area contributed by atoms with Crippen molar-refractivity contribution in [2.75, 3.05) is 5.73 Å². The largest absolute Gasteiger partial charge is 0.398 e. The van der Waals surface area contributed by atoms with Gasteiger partial charge in [0, 0.05) is 16.9 Å². The number of nitrogens with one attached hydrogen (secondary N) is 1.